The zero-order chi connectivity index (χ0) is 75.4. The maximum atomic E-state index is 16.5. The summed E-state index contributed by atoms with van der Waals surface area (Å²) in [5.41, 5.74) is 30.8. The highest BCUT2D eigenvalue weighted by molar-refractivity contribution is 7.49. The summed E-state index contributed by atoms with van der Waals surface area (Å²) in [5, 5.41) is 3.68. The molecule has 6 aromatic heterocycles. The number of phosphoric ester groups is 2. The van der Waals surface area contributed by atoms with Crippen molar-refractivity contribution in [2.75, 3.05) is 51.2 Å². The summed E-state index contributed by atoms with van der Waals surface area (Å²) in [6.45, 7) is -1.87. The predicted molar refractivity (Wildman–Crippen MR) is 393 cm³/mol. The summed E-state index contributed by atoms with van der Waals surface area (Å²) in [6.07, 6.45) is -3.04. The molecule has 3 fully saturated rings. The van der Waals surface area contributed by atoms with Crippen LogP contribution >= 0.6 is 38.8 Å². The van der Waals surface area contributed by atoms with Crippen LogP contribution in [0.2, 0.25) is 10.0 Å². The summed E-state index contributed by atoms with van der Waals surface area (Å²) >= 11 is 13.6. The number of phosphoric acid groups is 2. The third-order valence-corrected chi connectivity index (χ3v) is 21.9. The van der Waals surface area contributed by atoms with Gasteiger partial charge in [-0.2, -0.15) is 0 Å². The second kappa shape index (κ2) is 31.7. The van der Waals surface area contributed by atoms with E-state index in [1.807, 2.05) is 78.9 Å². The Hall–Kier alpha value is -10.9. The Labute approximate surface area is 629 Å². The standard InChI is InChI=1S/C71H66Cl2N18O16P2/c1-95-45-24-20-43(21-25-45)71(42-13-4-3-5-14-42,44-22-26-46(96-2)27-23-44)97-32-55-53(29-59(100-55)90-39-85-62-65(75)79-36-82-68(62)90)106-109(94,105-51-19-11-9-17-49(51)73)99-34-57-54(30-60(102-57)91-40-86-63-66(76)80-37-83-69(63)91)107-108(93,104-50-18-10-8-16-48(50)72)98-33-56-52(103-70(92)47-15-7-6-12-41(47)31-87-88-77)28-58(101-56)89-38-84-61-64(74)78-35-81-67(61)89/h3-27,35-40,52-60H,28-34H2,1-2H3,(H2,74,78,81)(H2,75,79,82)(H2,76,80,83)/t52-,53-,54-,55+,56+,57+,58+,59+,60+,108?,109?/m0/s1. The maximum absolute atomic E-state index is 16.5. The number of aromatic nitrogens is 12. The number of nitrogens with zero attached hydrogens (tertiary/aromatic N) is 15. The average molecular weight is 1560 g/mol. The molecule has 3 saturated heterocycles. The van der Waals surface area contributed by atoms with Crippen LogP contribution in [0.15, 0.2) is 195 Å². The van der Waals surface area contributed by atoms with Gasteiger partial charge >= 0.3 is 21.6 Å². The highest BCUT2D eigenvalue weighted by Crippen LogP contribution is 2.58. The Bertz CT molecular complexity index is 5390. The monoisotopic (exact) mass is 1560 g/mol. The molecule has 34 nitrogen and oxygen atoms in total. The fourth-order valence-corrected chi connectivity index (χ4v) is 16.5. The first-order valence-corrected chi connectivity index (χ1v) is 37.5. The molecule has 0 aliphatic carbocycles. The number of methoxy groups -OCH3 is 2. The van der Waals surface area contributed by atoms with E-state index in [4.69, 9.17) is 101 Å². The number of imidazole rings is 3. The van der Waals surface area contributed by atoms with Crippen LogP contribution in [0.3, 0.4) is 0 Å². The van der Waals surface area contributed by atoms with Gasteiger partial charge in [-0.1, -0.05) is 125 Å². The average Bonchev–Trinajstić information content (AvgIpc) is 1.71. The lowest BCUT2D eigenvalue weighted by Crippen LogP contribution is -2.38. The van der Waals surface area contributed by atoms with Gasteiger partial charge in [-0.05, 0) is 82.4 Å². The predicted octanol–water partition coefficient (Wildman–Crippen LogP) is 12.7. The number of halogens is 2. The fourth-order valence-electron chi connectivity index (χ4n) is 13.2. The molecule has 3 aliphatic rings. The van der Waals surface area contributed by atoms with E-state index in [9.17, 15) is 10.3 Å². The quantitative estimate of drug-likeness (QED) is 0.00978. The van der Waals surface area contributed by atoms with E-state index in [1.54, 1.807) is 70.4 Å². The van der Waals surface area contributed by atoms with Crippen molar-refractivity contribution in [2.24, 2.45) is 5.11 Å². The summed E-state index contributed by atoms with van der Waals surface area (Å²) in [5.74, 6) is 0.358. The van der Waals surface area contributed by atoms with E-state index in [0.717, 1.165) is 5.56 Å². The van der Waals surface area contributed by atoms with Gasteiger partial charge in [-0.25, -0.2) is 58.8 Å². The SMILES string of the molecule is COc1ccc(C(OC[C@H]2O[C@@H](n3cnc4c(N)ncnc43)C[C@@H]2OP(=O)(OC[C@H]2O[C@@H](n3cnc4c(N)ncnc43)C[C@@H]2OP(=O)(OC[C@H]2O[C@@H](n3cnc4c(N)ncnc43)C[C@@H]2OC(=O)c2ccccc2CN=[N+]=[N-])Oc2ccccc2Cl)Oc2ccccc2Cl)(c2ccccc2)c2ccc(OC)cc2)cc1. The number of carbonyl (C=O) groups is 1. The van der Waals surface area contributed by atoms with Gasteiger partial charge in [0.2, 0.25) is 0 Å². The molecule has 12 aromatic rings. The molecule has 3 aliphatic heterocycles. The van der Waals surface area contributed by atoms with Crippen LogP contribution in [-0.2, 0) is 63.1 Å². The van der Waals surface area contributed by atoms with Gasteiger partial charge in [-0.15, -0.1) is 0 Å². The molecule has 0 spiro atoms. The molecule has 9 heterocycles. The second-order valence-electron chi connectivity index (χ2n) is 25.0. The van der Waals surface area contributed by atoms with Crippen LogP contribution < -0.4 is 35.7 Å². The van der Waals surface area contributed by atoms with E-state index >= 15 is 9.13 Å². The van der Waals surface area contributed by atoms with Gasteiger partial charge in [0.05, 0.1) is 75.2 Å². The maximum Gasteiger partial charge on any atom is 0.530 e. The zero-order valence-corrected chi connectivity index (χ0v) is 61.0. The smallest absolute Gasteiger partial charge is 0.497 e. The number of nitrogen functional groups attached to an aromatic ring is 3. The minimum absolute atomic E-state index is 0.00311. The molecule has 0 saturated carbocycles. The van der Waals surface area contributed by atoms with Crippen molar-refractivity contribution in [2.45, 2.75) is 86.7 Å². The van der Waals surface area contributed by atoms with E-state index in [0.29, 0.717) is 33.8 Å². The Balaban J connectivity index is 0.783. The zero-order valence-electron chi connectivity index (χ0n) is 57.7. The molecule has 2 unspecified atom stereocenters. The van der Waals surface area contributed by atoms with Crippen LogP contribution in [-0.4, -0.2) is 135 Å². The van der Waals surface area contributed by atoms with Gasteiger partial charge in [-0.3, -0.25) is 31.8 Å². The van der Waals surface area contributed by atoms with E-state index in [-0.39, 0.29) is 105 Å². The van der Waals surface area contributed by atoms with Crippen molar-refractivity contribution in [3.05, 3.63) is 238 Å². The second-order valence-corrected chi connectivity index (χ2v) is 28.9. The molecular formula is C71H66Cl2N18O16P2. The summed E-state index contributed by atoms with van der Waals surface area (Å²) in [6, 6.07) is 43.2. The van der Waals surface area contributed by atoms with Crippen molar-refractivity contribution in [3.8, 4) is 23.0 Å². The first kappa shape index (κ1) is 73.6. The van der Waals surface area contributed by atoms with Gasteiger partial charge < -0.3 is 59.4 Å². The van der Waals surface area contributed by atoms with E-state index in [1.165, 1.54) is 68.3 Å². The molecule has 11 atom stereocenters. The Morgan fingerprint density at radius 3 is 1.39 bits per heavy atom. The topological polar surface area (TPSA) is 429 Å². The third kappa shape index (κ3) is 15.4. The van der Waals surface area contributed by atoms with E-state index < -0.39 is 95.7 Å². The van der Waals surface area contributed by atoms with Crippen LogP contribution in [0.4, 0.5) is 17.5 Å². The van der Waals surface area contributed by atoms with Crippen LogP contribution in [0.1, 0.15) is 70.6 Å². The van der Waals surface area contributed by atoms with Gasteiger partial charge in [0.25, 0.3) is 0 Å². The van der Waals surface area contributed by atoms with Crippen molar-refractivity contribution in [3.63, 3.8) is 0 Å². The number of benzene rings is 6. The van der Waals surface area contributed by atoms with E-state index in [2.05, 4.69) is 54.9 Å². The fraction of sp³-hybridized carbons (Fsp3) is 0.268. The number of hydrogen-bond acceptors (Lipinski definition) is 29. The molecule has 0 radical (unpaired) electrons. The largest absolute Gasteiger partial charge is 0.530 e. The number of rotatable bonds is 29. The van der Waals surface area contributed by atoms with Gasteiger partial charge in [0.15, 0.2) is 34.4 Å². The normalized spacial score (nSPS) is 21.0. The minimum atomic E-state index is -5.17. The minimum Gasteiger partial charge on any atom is -0.497 e. The number of para-hydroxylation sites is 2. The number of nitrogens with two attached hydrogens (primary N) is 3. The number of carbonyl (C=O) groups excluding carboxylic acids is 1. The van der Waals surface area contributed by atoms with Gasteiger partial charge in [0.1, 0.15) is 119 Å². The third-order valence-electron chi connectivity index (χ3n) is 18.5. The van der Waals surface area contributed by atoms with Crippen molar-refractivity contribution < 1.29 is 74.2 Å². The molecule has 6 aromatic carbocycles. The number of esters is 1. The number of fused-ring (bicyclic) bond motifs is 3. The lowest BCUT2D eigenvalue weighted by atomic mass is 9.80. The lowest BCUT2D eigenvalue weighted by Gasteiger charge is -2.37. The molecular weight excluding hydrogens is 1490 g/mol. The van der Waals surface area contributed by atoms with Crippen LogP contribution in [0.5, 0.6) is 23.0 Å². The molecule has 38 heteroatoms. The number of azide groups is 1. The summed E-state index contributed by atoms with van der Waals surface area (Å²) < 4.78 is 122. The molecule has 0 amide bonds. The van der Waals surface area contributed by atoms with Crippen LogP contribution in [0, 0.1) is 0 Å². The Morgan fingerprint density at radius 1 is 0.532 bits per heavy atom. The number of hydrogen-bond donors (Lipinski definition) is 3. The molecule has 6 N–H and O–H groups in total. The summed E-state index contributed by atoms with van der Waals surface area (Å²) in [7, 11) is -7.19. The highest BCUT2D eigenvalue weighted by atomic mass is 35.5. The van der Waals surface area contributed by atoms with Gasteiger partial charge in [0, 0.05) is 24.2 Å². The molecule has 15 rings (SSSR count). The van der Waals surface area contributed by atoms with Crippen LogP contribution in [0.25, 0.3) is 43.9 Å². The molecule has 0 bridgehead atoms. The van der Waals surface area contributed by atoms with Crippen molar-refractivity contribution in [1.82, 2.24) is 58.6 Å². The Kier molecular flexibility index (Phi) is 21.4. The molecule has 109 heavy (non-hydrogen) atoms. The highest BCUT2D eigenvalue weighted by Gasteiger charge is 2.51. The van der Waals surface area contributed by atoms with Crippen molar-refractivity contribution >= 4 is 95.8 Å². The number of ether oxygens (including phenoxy) is 7. The molecule has 560 valence electrons. The first-order valence-electron chi connectivity index (χ1n) is 33.8. The summed E-state index contributed by atoms with van der Waals surface area (Å²) in [4.78, 5) is 56.4. The number of anilines is 3. The Morgan fingerprint density at radius 2 is 0.936 bits per heavy atom. The lowest BCUT2D eigenvalue weighted by molar-refractivity contribution is -0.0936. The first-order chi connectivity index (χ1) is 53.0. The van der Waals surface area contributed by atoms with Crippen molar-refractivity contribution in [1.29, 1.82) is 0 Å².